The molecule has 1 saturated heterocycles. The lowest BCUT2D eigenvalue weighted by molar-refractivity contribution is -0.162. The van der Waals surface area contributed by atoms with E-state index in [2.05, 4.69) is 4.74 Å². The normalized spacial score (nSPS) is 20.9. The second-order valence-electron chi connectivity index (χ2n) is 3.69. The Bertz CT molecular complexity index is 239. The quantitative estimate of drug-likeness (QED) is 0.756. The molecule has 0 spiro atoms. The standard InChI is InChI=1S/C9H14F3NO3/c1-13(5-7-3-2-4-15-7)8(14)16-6-9(10,11)12/h7H,2-6H2,1H3. The molecular formula is C9H14F3NO3. The van der Waals surface area contributed by atoms with Gasteiger partial charge in [-0.15, -0.1) is 0 Å². The van der Waals surface area contributed by atoms with Gasteiger partial charge in [-0.3, -0.25) is 0 Å². The minimum Gasteiger partial charge on any atom is -0.440 e. The van der Waals surface area contributed by atoms with Crippen molar-refractivity contribution in [1.29, 1.82) is 0 Å². The number of amides is 1. The van der Waals surface area contributed by atoms with Crippen LogP contribution in [-0.4, -0.2) is 50.1 Å². The second-order valence-corrected chi connectivity index (χ2v) is 3.69. The first kappa shape index (κ1) is 13.1. The van der Waals surface area contributed by atoms with Crippen molar-refractivity contribution in [2.24, 2.45) is 0 Å². The van der Waals surface area contributed by atoms with E-state index in [0.717, 1.165) is 17.7 Å². The maximum absolute atomic E-state index is 11.8. The van der Waals surface area contributed by atoms with Gasteiger partial charge in [-0.05, 0) is 12.8 Å². The van der Waals surface area contributed by atoms with Crippen LogP contribution in [0.25, 0.3) is 0 Å². The average molecular weight is 241 g/mol. The zero-order valence-electron chi connectivity index (χ0n) is 8.92. The molecule has 1 aliphatic rings. The Morgan fingerprint density at radius 1 is 1.56 bits per heavy atom. The number of halogens is 3. The van der Waals surface area contributed by atoms with Gasteiger partial charge in [0.05, 0.1) is 6.10 Å². The van der Waals surface area contributed by atoms with E-state index in [-0.39, 0.29) is 12.6 Å². The van der Waals surface area contributed by atoms with Crippen LogP contribution in [-0.2, 0) is 9.47 Å². The Morgan fingerprint density at radius 3 is 2.75 bits per heavy atom. The van der Waals surface area contributed by atoms with Crippen molar-refractivity contribution in [3.8, 4) is 0 Å². The monoisotopic (exact) mass is 241 g/mol. The molecule has 7 heteroatoms. The van der Waals surface area contributed by atoms with Crippen LogP contribution in [0.1, 0.15) is 12.8 Å². The largest absolute Gasteiger partial charge is 0.440 e. The molecule has 1 amide bonds. The first-order chi connectivity index (χ1) is 7.38. The first-order valence-corrected chi connectivity index (χ1v) is 4.95. The molecule has 1 heterocycles. The molecule has 0 radical (unpaired) electrons. The van der Waals surface area contributed by atoms with Gasteiger partial charge in [-0.2, -0.15) is 13.2 Å². The summed E-state index contributed by atoms with van der Waals surface area (Å²) in [5, 5.41) is 0. The number of likely N-dealkylation sites (N-methyl/N-ethyl adjacent to an activating group) is 1. The molecule has 1 aliphatic heterocycles. The Balaban J connectivity index is 2.24. The van der Waals surface area contributed by atoms with Gasteiger partial charge in [0.2, 0.25) is 0 Å². The Labute approximate surface area is 91.3 Å². The minimum atomic E-state index is -4.49. The van der Waals surface area contributed by atoms with E-state index in [9.17, 15) is 18.0 Å². The predicted octanol–water partition coefficient (Wildman–Crippen LogP) is 1.80. The summed E-state index contributed by atoms with van der Waals surface area (Å²) in [7, 11) is 1.39. The molecule has 1 rings (SSSR count). The molecule has 0 N–H and O–H groups in total. The SMILES string of the molecule is CN(CC1CCCO1)C(=O)OCC(F)(F)F. The van der Waals surface area contributed by atoms with Gasteiger partial charge in [0.1, 0.15) is 0 Å². The van der Waals surface area contributed by atoms with Crippen LogP contribution in [0.2, 0.25) is 0 Å². The van der Waals surface area contributed by atoms with Gasteiger partial charge < -0.3 is 14.4 Å². The summed E-state index contributed by atoms with van der Waals surface area (Å²) in [5.74, 6) is 0. The molecule has 1 atom stereocenters. The summed E-state index contributed by atoms with van der Waals surface area (Å²) < 4.78 is 44.6. The Morgan fingerprint density at radius 2 is 2.25 bits per heavy atom. The molecule has 94 valence electrons. The van der Waals surface area contributed by atoms with Crippen LogP contribution in [0.5, 0.6) is 0 Å². The van der Waals surface area contributed by atoms with E-state index in [1.807, 2.05) is 0 Å². The highest BCUT2D eigenvalue weighted by atomic mass is 19.4. The fraction of sp³-hybridized carbons (Fsp3) is 0.889. The number of nitrogens with zero attached hydrogens (tertiary/aromatic N) is 1. The van der Waals surface area contributed by atoms with E-state index in [4.69, 9.17) is 4.74 Å². The first-order valence-electron chi connectivity index (χ1n) is 4.95. The van der Waals surface area contributed by atoms with Crippen molar-refractivity contribution in [1.82, 2.24) is 4.90 Å². The molecule has 0 aliphatic carbocycles. The van der Waals surface area contributed by atoms with E-state index in [1.165, 1.54) is 7.05 Å². The summed E-state index contributed by atoms with van der Waals surface area (Å²) in [4.78, 5) is 12.2. The van der Waals surface area contributed by atoms with Crippen molar-refractivity contribution in [3.05, 3.63) is 0 Å². The van der Waals surface area contributed by atoms with Crippen molar-refractivity contribution >= 4 is 6.09 Å². The zero-order chi connectivity index (χ0) is 12.2. The van der Waals surface area contributed by atoms with Crippen LogP contribution >= 0.6 is 0 Å². The van der Waals surface area contributed by atoms with Gasteiger partial charge in [0.15, 0.2) is 6.61 Å². The van der Waals surface area contributed by atoms with Gasteiger partial charge >= 0.3 is 12.3 Å². The van der Waals surface area contributed by atoms with Gasteiger partial charge in [0.25, 0.3) is 0 Å². The topological polar surface area (TPSA) is 38.8 Å². The number of carbonyl (C=O) groups excluding carboxylic acids is 1. The molecule has 1 fully saturated rings. The number of ether oxygens (including phenoxy) is 2. The summed E-state index contributed by atoms with van der Waals surface area (Å²) in [6.07, 6.45) is -3.83. The van der Waals surface area contributed by atoms with Crippen LogP contribution in [0, 0.1) is 0 Å². The van der Waals surface area contributed by atoms with E-state index < -0.39 is 18.9 Å². The molecule has 0 aromatic heterocycles. The molecule has 0 saturated carbocycles. The molecule has 16 heavy (non-hydrogen) atoms. The predicted molar refractivity (Wildman–Crippen MR) is 49.0 cm³/mol. The Hall–Kier alpha value is -0.980. The zero-order valence-corrected chi connectivity index (χ0v) is 8.92. The fourth-order valence-corrected chi connectivity index (χ4v) is 1.42. The number of rotatable bonds is 3. The van der Waals surface area contributed by atoms with E-state index >= 15 is 0 Å². The summed E-state index contributed by atoms with van der Waals surface area (Å²) in [6, 6.07) is 0. The van der Waals surface area contributed by atoms with Crippen LogP contribution in [0.15, 0.2) is 0 Å². The third kappa shape index (κ3) is 4.69. The highest BCUT2D eigenvalue weighted by Crippen LogP contribution is 2.16. The van der Waals surface area contributed by atoms with E-state index in [0.29, 0.717) is 6.61 Å². The van der Waals surface area contributed by atoms with Gasteiger partial charge in [-0.1, -0.05) is 0 Å². The lowest BCUT2D eigenvalue weighted by Gasteiger charge is -2.20. The van der Waals surface area contributed by atoms with Gasteiger partial charge in [-0.25, -0.2) is 4.79 Å². The smallest absolute Gasteiger partial charge is 0.422 e. The average Bonchev–Trinajstić information content (AvgIpc) is 2.65. The number of alkyl halides is 3. The highest BCUT2D eigenvalue weighted by molar-refractivity contribution is 5.67. The molecule has 4 nitrogen and oxygen atoms in total. The van der Waals surface area contributed by atoms with Crippen LogP contribution in [0.4, 0.5) is 18.0 Å². The molecule has 1 unspecified atom stereocenters. The maximum atomic E-state index is 11.8. The summed E-state index contributed by atoms with van der Waals surface area (Å²) in [6.45, 7) is -0.658. The summed E-state index contributed by atoms with van der Waals surface area (Å²) >= 11 is 0. The number of hydrogen-bond donors (Lipinski definition) is 0. The third-order valence-corrected chi connectivity index (χ3v) is 2.17. The van der Waals surface area contributed by atoms with Crippen LogP contribution < -0.4 is 0 Å². The molecule has 0 aromatic rings. The number of hydrogen-bond acceptors (Lipinski definition) is 3. The lowest BCUT2D eigenvalue weighted by atomic mass is 10.2. The third-order valence-electron chi connectivity index (χ3n) is 2.17. The maximum Gasteiger partial charge on any atom is 0.422 e. The number of carbonyl (C=O) groups is 1. The van der Waals surface area contributed by atoms with Crippen molar-refractivity contribution in [3.63, 3.8) is 0 Å². The minimum absolute atomic E-state index is 0.0940. The van der Waals surface area contributed by atoms with Crippen LogP contribution in [0.3, 0.4) is 0 Å². The lowest BCUT2D eigenvalue weighted by Crippen LogP contribution is -2.36. The van der Waals surface area contributed by atoms with E-state index in [1.54, 1.807) is 0 Å². The second kappa shape index (κ2) is 5.38. The highest BCUT2D eigenvalue weighted by Gasteiger charge is 2.30. The van der Waals surface area contributed by atoms with Crippen molar-refractivity contribution < 1.29 is 27.4 Å². The molecule has 0 aromatic carbocycles. The fourth-order valence-electron chi connectivity index (χ4n) is 1.42. The van der Waals surface area contributed by atoms with Gasteiger partial charge in [0, 0.05) is 20.2 Å². The summed E-state index contributed by atoms with van der Waals surface area (Å²) in [5.41, 5.74) is 0. The van der Waals surface area contributed by atoms with Crippen molar-refractivity contribution in [2.45, 2.75) is 25.1 Å². The molecule has 0 bridgehead atoms. The molecular weight excluding hydrogens is 227 g/mol. The van der Waals surface area contributed by atoms with Crippen molar-refractivity contribution in [2.75, 3.05) is 26.8 Å². The Kier molecular flexibility index (Phi) is 4.40.